The molecule has 0 heterocycles. The van der Waals surface area contributed by atoms with E-state index in [-0.39, 0.29) is 5.91 Å². The van der Waals surface area contributed by atoms with Crippen LogP contribution in [0.4, 0.5) is 11.4 Å². The molecule has 0 spiro atoms. The first-order valence-electron chi connectivity index (χ1n) is 6.07. The van der Waals surface area contributed by atoms with Crippen LogP contribution in [0, 0.1) is 11.3 Å². The quantitative estimate of drug-likeness (QED) is 0.585. The minimum Gasteiger partial charge on any atom is -0.324 e. The molecule has 0 fully saturated rings. The van der Waals surface area contributed by atoms with Crippen molar-refractivity contribution in [2.75, 3.05) is 10.7 Å². The molecule has 5 heteroatoms. The average molecular weight is 266 g/mol. The lowest BCUT2D eigenvalue weighted by Gasteiger charge is -2.06. The summed E-state index contributed by atoms with van der Waals surface area (Å²) in [7, 11) is 0. The van der Waals surface area contributed by atoms with Crippen LogP contribution in [0.1, 0.15) is 15.9 Å². The van der Waals surface area contributed by atoms with Gasteiger partial charge >= 0.3 is 0 Å². The van der Waals surface area contributed by atoms with Crippen LogP contribution >= 0.6 is 0 Å². The van der Waals surface area contributed by atoms with E-state index in [1.807, 2.05) is 12.1 Å². The summed E-state index contributed by atoms with van der Waals surface area (Å²) in [5, 5.41) is 11.4. The third kappa shape index (κ3) is 3.34. The fourth-order valence-corrected chi connectivity index (χ4v) is 1.72. The molecule has 0 aliphatic heterocycles. The largest absolute Gasteiger partial charge is 0.324 e. The third-order valence-corrected chi connectivity index (χ3v) is 2.81. The van der Waals surface area contributed by atoms with Crippen molar-refractivity contribution >= 4 is 17.3 Å². The van der Waals surface area contributed by atoms with E-state index in [1.54, 1.807) is 36.4 Å². The van der Waals surface area contributed by atoms with Gasteiger partial charge in [-0.2, -0.15) is 5.26 Å². The maximum Gasteiger partial charge on any atom is 0.255 e. The van der Waals surface area contributed by atoms with Crippen molar-refractivity contribution in [3.8, 4) is 6.07 Å². The summed E-state index contributed by atoms with van der Waals surface area (Å²) in [6, 6.07) is 16.1. The molecular formula is C15H14N4O. The molecule has 0 radical (unpaired) electrons. The number of hydrogen-bond donors (Lipinski definition) is 3. The minimum absolute atomic E-state index is 0.193. The van der Waals surface area contributed by atoms with Gasteiger partial charge in [0.05, 0.1) is 12.5 Å². The molecule has 2 rings (SSSR count). The lowest BCUT2D eigenvalue weighted by atomic mass is 10.1. The number of nitrogens with one attached hydrogen (secondary N) is 2. The van der Waals surface area contributed by atoms with Gasteiger partial charge in [-0.1, -0.05) is 12.1 Å². The standard InChI is InChI=1S/C15H14N4O/c16-10-9-11-1-5-13(6-2-11)18-15(20)12-3-7-14(19-17)8-4-12/h1-8,19H,9,17H2,(H,18,20). The molecule has 100 valence electrons. The lowest BCUT2D eigenvalue weighted by Crippen LogP contribution is -2.12. The van der Waals surface area contributed by atoms with Crippen LogP contribution in [0.25, 0.3) is 0 Å². The molecule has 2 aromatic rings. The zero-order valence-electron chi connectivity index (χ0n) is 10.8. The first kappa shape index (κ1) is 13.6. The highest BCUT2D eigenvalue weighted by atomic mass is 16.1. The number of nitriles is 1. The molecule has 1 amide bonds. The lowest BCUT2D eigenvalue weighted by molar-refractivity contribution is 0.102. The van der Waals surface area contributed by atoms with Gasteiger partial charge in [0.2, 0.25) is 0 Å². The summed E-state index contributed by atoms with van der Waals surface area (Å²) in [5.74, 6) is 5.07. The maximum atomic E-state index is 12.0. The molecule has 0 aromatic heterocycles. The van der Waals surface area contributed by atoms with Gasteiger partial charge in [-0.25, -0.2) is 0 Å². The number of benzene rings is 2. The normalized spacial score (nSPS) is 9.60. The van der Waals surface area contributed by atoms with Crippen molar-refractivity contribution in [2.45, 2.75) is 6.42 Å². The Labute approximate surface area is 117 Å². The van der Waals surface area contributed by atoms with Gasteiger partial charge < -0.3 is 10.7 Å². The average Bonchev–Trinajstić information content (AvgIpc) is 2.49. The molecule has 0 aliphatic rings. The highest BCUT2D eigenvalue weighted by Gasteiger charge is 2.05. The Balaban J connectivity index is 2.05. The van der Waals surface area contributed by atoms with E-state index in [4.69, 9.17) is 11.1 Å². The highest BCUT2D eigenvalue weighted by Crippen LogP contribution is 2.13. The fourth-order valence-electron chi connectivity index (χ4n) is 1.72. The summed E-state index contributed by atoms with van der Waals surface area (Å²) in [5.41, 5.74) is 5.40. The number of nitrogen functional groups attached to an aromatic ring is 1. The first-order chi connectivity index (χ1) is 9.72. The Kier molecular flexibility index (Phi) is 4.32. The van der Waals surface area contributed by atoms with Crippen LogP contribution in [-0.4, -0.2) is 5.91 Å². The number of hydrazine groups is 1. The van der Waals surface area contributed by atoms with Crippen molar-refractivity contribution in [1.82, 2.24) is 0 Å². The molecule has 5 nitrogen and oxygen atoms in total. The minimum atomic E-state index is -0.193. The van der Waals surface area contributed by atoms with Crippen molar-refractivity contribution in [1.29, 1.82) is 5.26 Å². The SMILES string of the molecule is N#CCc1ccc(NC(=O)c2ccc(NN)cc2)cc1. The van der Waals surface area contributed by atoms with Crippen LogP contribution in [-0.2, 0) is 6.42 Å². The second kappa shape index (κ2) is 6.36. The third-order valence-electron chi connectivity index (χ3n) is 2.81. The van der Waals surface area contributed by atoms with E-state index in [1.165, 1.54) is 0 Å². The van der Waals surface area contributed by atoms with Crippen molar-refractivity contribution in [3.05, 3.63) is 59.7 Å². The number of amides is 1. The molecule has 0 unspecified atom stereocenters. The molecular weight excluding hydrogens is 252 g/mol. The van der Waals surface area contributed by atoms with Gasteiger partial charge in [-0.05, 0) is 42.0 Å². The molecule has 0 saturated heterocycles. The van der Waals surface area contributed by atoms with Gasteiger partial charge in [0.25, 0.3) is 5.91 Å². The maximum absolute atomic E-state index is 12.0. The molecule has 2 aromatic carbocycles. The van der Waals surface area contributed by atoms with Crippen LogP contribution in [0.2, 0.25) is 0 Å². The fraction of sp³-hybridized carbons (Fsp3) is 0.0667. The van der Waals surface area contributed by atoms with E-state index in [0.29, 0.717) is 17.7 Å². The second-order valence-corrected chi connectivity index (χ2v) is 4.21. The number of nitrogens with zero attached hydrogens (tertiary/aromatic N) is 1. The Hall–Kier alpha value is -2.84. The van der Waals surface area contributed by atoms with E-state index in [2.05, 4.69) is 16.8 Å². The molecule has 20 heavy (non-hydrogen) atoms. The summed E-state index contributed by atoms with van der Waals surface area (Å²) >= 11 is 0. The van der Waals surface area contributed by atoms with Gasteiger partial charge in [-0.3, -0.25) is 10.6 Å². The molecule has 0 bridgehead atoms. The van der Waals surface area contributed by atoms with E-state index in [0.717, 1.165) is 11.3 Å². The van der Waals surface area contributed by atoms with Gasteiger partial charge in [0, 0.05) is 16.9 Å². The monoisotopic (exact) mass is 266 g/mol. The Bertz CT molecular complexity index is 626. The van der Waals surface area contributed by atoms with E-state index < -0.39 is 0 Å². The van der Waals surface area contributed by atoms with Crippen LogP contribution < -0.4 is 16.6 Å². The summed E-state index contributed by atoms with van der Waals surface area (Å²) in [6.07, 6.45) is 0.363. The first-order valence-corrected chi connectivity index (χ1v) is 6.07. The topological polar surface area (TPSA) is 90.9 Å². The Morgan fingerprint density at radius 3 is 2.20 bits per heavy atom. The van der Waals surface area contributed by atoms with E-state index in [9.17, 15) is 4.79 Å². The van der Waals surface area contributed by atoms with Crippen LogP contribution in [0.3, 0.4) is 0 Å². The number of rotatable bonds is 4. The number of hydrogen-bond acceptors (Lipinski definition) is 4. The van der Waals surface area contributed by atoms with Gasteiger partial charge in [0.15, 0.2) is 0 Å². The summed E-state index contributed by atoms with van der Waals surface area (Å²) < 4.78 is 0. The summed E-state index contributed by atoms with van der Waals surface area (Å²) in [6.45, 7) is 0. The summed E-state index contributed by atoms with van der Waals surface area (Å²) in [4.78, 5) is 12.0. The van der Waals surface area contributed by atoms with E-state index >= 15 is 0 Å². The smallest absolute Gasteiger partial charge is 0.255 e. The number of carbonyl (C=O) groups excluding carboxylic acids is 1. The van der Waals surface area contributed by atoms with Gasteiger partial charge in [-0.15, -0.1) is 0 Å². The second-order valence-electron chi connectivity index (χ2n) is 4.21. The predicted molar refractivity (Wildman–Crippen MR) is 78.0 cm³/mol. The number of nitrogens with two attached hydrogens (primary N) is 1. The number of carbonyl (C=O) groups is 1. The van der Waals surface area contributed by atoms with Crippen LogP contribution in [0.15, 0.2) is 48.5 Å². The van der Waals surface area contributed by atoms with Crippen LogP contribution in [0.5, 0.6) is 0 Å². The Morgan fingerprint density at radius 1 is 1.05 bits per heavy atom. The zero-order chi connectivity index (χ0) is 14.4. The predicted octanol–water partition coefficient (Wildman–Crippen LogP) is 2.29. The van der Waals surface area contributed by atoms with Crippen molar-refractivity contribution in [3.63, 3.8) is 0 Å². The zero-order valence-corrected chi connectivity index (χ0v) is 10.8. The molecule has 4 N–H and O–H groups in total. The van der Waals surface area contributed by atoms with Crippen molar-refractivity contribution in [2.24, 2.45) is 5.84 Å². The molecule has 0 atom stereocenters. The van der Waals surface area contributed by atoms with Crippen molar-refractivity contribution < 1.29 is 4.79 Å². The molecule has 0 aliphatic carbocycles. The Morgan fingerprint density at radius 2 is 1.65 bits per heavy atom. The number of anilines is 2. The highest BCUT2D eigenvalue weighted by molar-refractivity contribution is 6.04. The molecule has 0 saturated carbocycles. The van der Waals surface area contributed by atoms with Gasteiger partial charge in [0.1, 0.15) is 0 Å².